The molecule has 0 aliphatic heterocycles. The van der Waals surface area contributed by atoms with Crippen molar-refractivity contribution in [3.8, 4) is 5.75 Å². The van der Waals surface area contributed by atoms with Gasteiger partial charge in [0.15, 0.2) is 10.3 Å². The summed E-state index contributed by atoms with van der Waals surface area (Å²) >= 11 is 2.95. The van der Waals surface area contributed by atoms with Crippen LogP contribution in [0.1, 0.15) is 5.69 Å². The number of nitrogens with one attached hydrogen (secondary N) is 1. The third-order valence-electron chi connectivity index (χ3n) is 3.16. The summed E-state index contributed by atoms with van der Waals surface area (Å²) in [5, 5.41) is 6.09. The number of rotatable bonds is 5. The molecule has 1 amide bonds. The maximum Gasteiger partial charge on any atom is 0.245 e. The van der Waals surface area contributed by atoms with Crippen LogP contribution in [0.25, 0.3) is 10.2 Å². The molecule has 1 N–H and O–H groups in total. The van der Waals surface area contributed by atoms with Crippen LogP contribution in [0, 0.1) is 6.92 Å². The van der Waals surface area contributed by atoms with Crippen molar-refractivity contribution >= 4 is 49.1 Å². The molecule has 8 heteroatoms. The Hall–Kier alpha value is -2.19. The second-order valence-electron chi connectivity index (χ2n) is 5.00. The molecule has 3 rings (SSSR count). The van der Waals surface area contributed by atoms with Crippen molar-refractivity contribution < 1.29 is 9.53 Å². The number of benzene rings is 1. The standard InChI is InChI=1S/C15H16N4O2S2/c1-9-8-22-14(16-9)17-12(20)7-19(2)15-18-13-10(21-3)5-4-6-11(13)23-15/h4-6,8H,7H2,1-3H3,(H,16,17,20). The van der Waals surface area contributed by atoms with E-state index in [1.165, 1.54) is 22.7 Å². The summed E-state index contributed by atoms with van der Waals surface area (Å²) in [6.07, 6.45) is 0. The lowest BCUT2D eigenvalue weighted by molar-refractivity contribution is -0.114. The summed E-state index contributed by atoms with van der Waals surface area (Å²) < 4.78 is 6.35. The van der Waals surface area contributed by atoms with Gasteiger partial charge in [0.1, 0.15) is 11.3 Å². The van der Waals surface area contributed by atoms with E-state index >= 15 is 0 Å². The second-order valence-corrected chi connectivity index (χ2v) is 6.87. The minimum absolute atomic E-state index is 0.118. The van der Waals surface area contributed by atoms with Gasteiger partial charge in [0.05, 0.1) is 24.0 Å². The average molecular weight is 348 g/mol. The number of aryl methyl sites for hydroxylation is 1. The maximum absolute atomic E-state index is 12.1. The van der Waals surface area contributed by atoms with Crippen LogP contribution in [-0.4, -0.2) is 36.6 Å². The first-order valence-corrected chi connectivity index (χ1v) is 8.63. The number of likely N-dealkylation sites (N-methyl/N-ethyl adjacent to an activating group) is 1. The first-order valence-electron chi connectivity index (χ1n) is 6.93. The van der Waals surface area contributed by atoms with Gasteiger partial charge in [-0.25, -0.2) is 9.97 Å². The highest BCUT2D eigenvalue weighted by molar-refractivity contribution is 7.22. The van der Waals surface area contributed by atoms with Crippen LogP contribution in [0.15, 0.2) is 23.6 Å². The van der Waals surface area contributed by atoms with Crippen molar-refractivity contribution in [2.75, 3.05) is 30.9 Å². The lowest BCUT2D eigenvalue weighted by Gasteiger charge is -2.14. The molecule has 1 aromatic carbocycles. The van der Waals surface area contributed by atoms with Gasteiger partial charge in [-0.05, 0) is 19.1 Å². The largest absolute Gasteiger partial charge is 0.494 e. The van der Waals surface area contributed by atoms with Gasteiger partial charge in [-0.15, -0.1) is 11.3 Å². The van der Waals surface area contributed by atoms with E-state index in [4.69, 9.17) is 4.74 Å². The molecular weight excluding hydrogens is 332 g/mol. The fraction of sp³-hybridized carbons (Fsp3) is 0.267. The van der Waals surface area contributed by atoms with Gasteiger partial charge in [0.2, 0.25) is 5.91 Å². The van der Waals surface area contributed by atoms with Crippen LogP contribution in [-0.2, 0) is 4.79 Å². The molecule has 0 unspecified atom stereocenters. The topological polar surface area (TPSA) is 67.3 Å². The highest BCUT2D eigenvalue weighted by Gasteiger charge is 2.15. The summed E-state index contributed by atoms with van der Waals surface area (Å²) in [4.78, 5) is 22.7. The molecule has 0 saturated carbocycles. The van der Waals surface area contributed by atoms with E-state index in [9.17, 15) is 4.79 Å². The molecule has 120 valence electrons. The number of fused-ring (bicyclic) bond motifs is 1. The molecule has 23 heavy (non-hydrogen) atoms. The number of methoxy groups -OCH3 is 1. The Morgan fingerprint density at radius 3 is 2.91 bits per heavy atom. The molecule has 2 heterocycles. The first-order chi connectivity index (χ1) is 11.1. The van der Waals surface area contributed by atoms with Crippen molar-refractivity contribution in [3.63, 3.8) is 0 Å². The summed E-state index contributed by atoms with van der Waals surface area (Å²) in [5.41, 5.74) is 1.72. The smallest absolute Gasteiger partial charge is 0.245 e. The van der Waals surface area contributed by atoms with Gasteiger partial charge in [-0.2, -0.15) is 0 Å². The van der Waals surface area contributed by atoms with Crippen molar-refractivity contribution in [3.05, 3.63) is 29.3 Å². The summed E-state index contributed by atoms with van der Waals surface area (Å²) in [5.74, 6) is 0.620. The van der Waals surface area contributed by atoms with Crippen molar-refractivity contribution in [1.29, 1.82) is 0 Å². The third-order valence-corrected chi connectivity index (χ3v) is 5.17. The molecule has 0 spiro atoms. The second kappa shape index (κ2) is 6.51. The number of carbonyl (C=O) groups excluding carboxylic acids is 1. The zero-order chi connectivity index (χ0) is 16.4. The van der Waals surface area contributed by atoms with Crippen molar-refractivity contribution in [2.24, 2.45) is 0 Å². The Morgan fingerprint density at radius 2 is 2.22 bits per heavy atom. The molecule has 6 nitrogen and oxygen atoms in total. The van der Waals surface area contributed by atoms with E-state index in [1.54, 1.807) is 7.11 Å². The van der Waals surface area contributed by atoms with Crippen LogP contribution in [0.3, 0.4) is 0 Å². The highest BCUT2D eigenvalue weighted by atomic mass is 32.1. The van der Waals surface area contributed by atoms with Crippen LogP contribution in [0.5, 0.6) is 5.75 Å². The first kappa shape index (κ1) is 15.7. The minimum Gasteiger partial charge on any atom is -0.494 e. The van der Waals surface area contributed by atoms with E-state index in [-0.39, 0.29) is 12.5 Å². The van der Waals surface area contributed by atoms with Crippen LogP contribution < -0.4 is 15.0 Å². The van der Waals surface area contributed by atoms with Gasteiger partial charge >= 0.3 is 0 Å². The Kier molecular flexibility index (Phi) is 4.44. The van der Waals surface area contributed by atoms with Gasteiger partial charge in [0, 0.05) is 12.4 Å². The van der Waals surface area contributed by atoms with E-state index in [0.29, 0.717) is 5.13 Å². The van der Waals surface area contributed by atoms with Crippen molar-refractivity contribution in [1.82, 2.24) is 9.97 Å². The number of aromatic nitrogens is 2. The lowest BCUT2D eigenvalue weighted by atomic mass is 10.3. The van der Waals surface area contributed by atoms with Crippen LogP contribution in [0.2, 0.25) is 0 Å². The Bertz CT molecular complexity index is 843. The van der Waals surface area contributed by atoms with Crippen LogP contribution >= 0.6 is 22.7 Å². The number of amides is 1. The van der Waals surface area contributed by atoms with E-state index in [2.05, 4.69) is 15.3 Å². The summed E-state index contributed by atoms with van der Waals surface area (Å²) in [6.45, 7) is 2.10. The molecule has 0 fully saturated rings. The normalized spacial score (nSPS) is 10.7. The zero-order valence-electron chi connectivity index (χ0n) is 13.0. The SMILES string of the molecule is COc1cccc2sc(N(C)CC(=O)Nc3nc(C)cs3)nc12. The number of hydrogen-bond acceptors (Lipinski definition) is 7. The maximum atomic E-state index is 12.1. The lowest BCUT2D eigenvalue weighted by Crippen LogP contribution is -2.29. The molecular formula is C15H16N4O2S2. The number of ether oxygens (including phenoxy) is 1. The number of nitrogens with zero attached hydrogens (tertiary/aromatic N) is 3. The molecule has 3 aromatic rings. The fourth-order valence-electron chi connectivity index (χ4n) is 2.09. The number of thiazole rings is 2. The molecule has 0 aliphatic rings. The summed E-state index contributed by atoms with van der Waals surface area (Å²) in [6, 6.07) is 5.80. The Morgan fingerprint density at radius 1 is 1.39 bits per heavy atom. The van der Waals surface area contributed by atoms with Gasteiger partial charge in [0.25, 0.3) is 0 Å². The fourth-order valence-corrected chi connectivity index (χ4v) is 3.74. The number of para-hydroxylation sites is 1. The highest BCUT2D eigenvalue weighted by Crippen LogP contribution is 2.33. The Balaban J connectivity index is 1.72. The monoisotopic (exact) mass is 348 g/mol. The van der Waals surface area contributed by atoms with Gasteiger partial charge < -0.3 is 15.0 Å². The quantitative estimate of drug-likeness (QED) is 0.767. The molecule has 0 radical (unpaired) electrons. The third kappa shape index (κ3) is 3.43. The van der Waals surface area contributed by atoms with E-state index in [1.807, 2.05) is 42.5 Å². The minimum atomic E-state index is -0.118. The van der Waals surface area contributed by atoms with Crippen molar-refractivity contribution in [2.45, 2.75) is 6.92 Å². The predicted octanol–water partition coefficient (Wildman–Crippen LogP) is 3.14. The predicted molar refractivity (Wildman–Crippen MR) is 94.9 cm³/mol. The molecule has 2 aromatic heterocycles. The van der Waals surface area contributed by atoms with E-state index < -0.39 is 0 Å². The summed E-state index contributed by atoms with van der Waals surface area (Å²) in [7, 11) is 3.47. The van der Waals surface area contributed by atoms with Crippen LogP contribution in [0.4, 0.5) is 10.3 Å². The van der Waals surface area contributed by atoms with Gasteiger partial charge in [-0.3, -0.25) is 4.79 Å². The molecule has 0 atom stereocenters. The molecule has 0 aliphatic carbocycles. The van der Waals surface area contributed by atoms with E-state index in [0.717, 1.165) is 26.8 Å². The number of carbonyl (C=O) groups is 1. The Labute approximate surface area is 141 Å². The average Bonchev–Trinajstić information content (AvgIpc) is 3.12. The zero-order valence-corrected chi connectivity index (χ0v) is 14.6. The molecule has 0 saturated heterocycles. The number of hydrogen-bond donors (Lipinski definition) is 1. The molecule has 0 bridgehead atoms. The van der Waals surface area contributed by atoms with Gasteiger partial charge in [-0.1, -0.05) is 17.4 Å². The number of anilines is 2.